The van der Waals surface area contributed by atoms with Gasteiger partial charge in [-0.3, -0.25) is 9.69 Å². The van der Waals surface area contributed by atoms with Crippen LogP contribution in [0.3, 0.4) is 0 Å². The molecule has 0 N–H and O–H groups in total. The largest absolute Gasteiger partial charge is 0.414 e. The second-order valence-corrected chi connectivity index (χ2v) is 12.3. The van der Waals surface area contributed by atoms with Crippen LogP contribution >= 0.6 is 11.8 Å². The van der Waals surface area contributed by atoms with Crippen LogP contribution in [-0.4, -0.2) is 72.4 Å². The Morgan fingerprint density at radius 2 is 1.91 bits per heavy atom. The molecule has 10 heteroatoms. The van der Waals surface area contributed by atoms with E-state index in [-0.39, 0.29) is 22.8 Å². The molecule has 2 aliphatic heterocycles. The van der Waals surface area contributed by atoms with Gasteiger partial charge < -0.3 is 13.9 Å². The van der Waals surface area contributed by atoms with Gasteiger partial charge in [-0.25, -0.2) is 13.4 Å². The molecule has 3 aromatic rings. The van der Waals surface area contributed by atoms with E-state index >= 15 is 0 Å². The number of aromatic nitrogens is 2. The Labute approximate surface area is 210 Å². The van der Waals surface area contributed by atoms with Crippen molar-refractivity contribution in [2.75, 3.05) is 38.7 Å². The molecule has 2 aliphatic rings. The van der Waals surface area contributed by atoms with Crippen LogP contribution in [0.5, 0.6) is 0 Å². The van der Waals surface area contributed by atoms with Gasteiger partial charge in [0.2, 0.25) is 5.91 Å². The number of rotatable bonds is 6. The van der Waals surface area contributed by atoms with Crippen LogP contribution in [-0.2, 0) is 21.2 Å². The third-order valence-corrected chi connectivity index (χ3v) is 8.95. The van der Waals surface area contributed by atoms with Crippen LogP contribution in [0.15, 0.2) is 38.9 Å². The summed E-state index contributed by atoms with van der Waals surface area (Å²) in [7, 11) is -3.28. The lowest BCUT2D eigenvalue weighted by Gasteiger charge is -2.37. The fourth-order valence-corrected chi connectivity index (χ4v) is 6.54. The summed E-state index contributed by atoms with van der Waals surface area (Å²) in [5.41, 5.74) is 2.65. The van der Waals surface area contributed by atoms with Gasteiger partial charge in [-0.1, -0.05) is 11.8 Å². The Morgan fingerprint density at radius 3 is 2.54 bits per heavy atom. The van der Waals surface area contributed by atoms with Crippen molar-refractivity contribution in [1.29, 1.82) is 0 Å². The van der Waals surface area contributed by atoms with E-state index < -0.39 is 9.84 Å². The highest BCUT2D eigenvalue weighted by Crippen LogP contribution is 2.34. The maximum atomic E-state index is 13.2. The van der Waals surface area contributed by atoms with E-state index in [2.05, 4.69) is 21.8 Å². The molecule has 4 heterocycles. The Kier molecular flexibility index (Phi) is 6.84. The number of thioether (sulfide) groups is 1. The number of hydrogen-bond acceptors (Lipinski definition) is 7. The number of benzene rings is 1. The van der Waals surface area contributed by atoms with E-state index in [0.29, 0.717) is 5.52 Å². The number of carbonyl (C=O) groups excluding carboxylic acids is 1. The van der Waals surface area contributed by atoms with E-state index in [1.165, 1.54) is 6.26 Å². The maximum Gasteiger partial charge on any atom is 0.225 e. The molecule has 0 saturated carbocycles. The smallest absolute Gasteiger partial charge is 0.225 e. The molecule has 0 atom stereocenters. The lowest BCUT2D eigenvalue weighted by atomic mass is 9.93. The average molecular weight is 515 g/mol. The molecule has 0 spiro atoms. The van der Waals surface area contributed by atoms with E-state index in [0.717, 1.165) is 74.6 Å². The number of carbonyl (C=O) groups is 1. The number of amides is 1. The monoisotopic (exact) mass is 514 g/mol. The van der Waals surface area contributed by atoms with Crippen LogP contribution < -0.4 is 0 Å². The zero-order valence-electron chi connectivity index (χ0n) is 20.1. The quantitative estimate of drug-likeness (QED) is 0.466. The lowest BCUT2D eigenvalue weighted by Crippen LogP contribution is -2.45. The maximum absolute atomic E-state index is 13.2. The van der Waals surface area contributed by atoms with Crippen molar-refractivity contribution >= 4 is 38.5 Å². The number of imidazole rings is 1. The van der Waals surface area contributed by atoms with Gasteiger partial charge in [-0.05, 0) is 69.3 Å². The molecule has 35 heavy (non-hydrogen) atoms. The predicted molar refractivity (Wildman–Crippen MR) is 134 cm³/mol. The van der Waals surface area contributed by atoms with Crippen molar-refractivity contribution in [3.63, 3.8) is 0 Å². The Morgan fingerprint density at radius 1 is 1.17 bits per heavy atom. The molecule has 0 unspecified atom stereocenters. The number of fused-ring (bicyclic) bond motifs is 1. The topological polar surface area (TPSA) is 88.7 Å². The average Bonchev–Trinajstić information content (AvgIpc) is 3.50. The number of nitrogens with zero attached hydrogens (tertiary/aromatic N) is 4. The van der Waals surface area contributed by atoms with Crippen molar-refractivity contribution < 1.29 is 17.6 Å². The minimum Gasteiger partial charge on any atom is -0.414 e. The van der Waals surface area contributed by atoms with Crippen molar-refractivity contribution in [2.45, 2.75) is 48.3 Å². The third kappa shape index (κ3) is 5.08. The second-order valence-electron chi connectivity index (χ2n) is 9.49. The van der Waals surface area contributed by atoms with E-state index in [1.807, 2.05) is 17.2 Å². The molecule has 2 aromatic heterocycles. The summed E-state index contributed by atoms with van der Waals surface area (Å²) in [5, 5.41) is 0.885. The Hall–Kier alpha value is -2.48. The van der Waals surface area contributed by atoms with Crippen LogP contribution in [0, 0.1) is 18.2 Å². The van der Waals surface area contributed by atoms with Gasteiger partial charge in [0.1, 0.15) is 12.5 Å². The first-order chi connectivity index (χ1) is 16.8. The normalized spacial score (nSPS) is 18.7. The van der Waals surface area contributed by atoms with Gasteiger partial charge in [-0.15, -0.1) is 0 Å². The summed E-state index contributed by atoms with van der Waals surface area (Å²) in [6, 6.07) is 8.39. The SMILES string of the molecule is CSc1nc2cc(S(C)(=O)=O)ccc2n1C1CCN(C(=O)C2CCN(Cc3c#coc3)CC2)CC1. The highest BCUT2D eigenvalue weighted by Gasteiger charge is 2.32. The van der Waals surface area contributed by atoms with Gasteiger partial charge >= 0.3 is 0 Å². The number of likely N-dealkylation sites (tertiary alicyclic amines) is 2. The van der Waals surface area contributed by atoms with Crippen LogP contribution in [0.4, 0.5) is 0 Å². The van der Waals surface area contributed by atoms with Gasteiger partial charge in [0.05, 0.1) is 21.5 Å². The molecule has 1 amide bonds. The Bertz CT molecular complexity index is 1290. The fourth-order valence-electron chi connectivity index (χ4n) is 5.27. The molecule has 2 saturated heterocycles. The van der Waals surface area contributed by atoms with Gasteiger partial charge in [0, 0.05) is 37.8 Å². The molecule has 2 fully saturated rings. The first-order valence-corrected chi connectivity index (χ1v) is 15.1. The summed E-state index contributed by atoms with van der Waals surface area (Å²) in [4.78, 5) is 22.6. The van der Waals surface area contributed by atoms with Crippen LogP contribution in [0.2, 0.25) is 0 Å². The van der Waals surface area contributed by atoms with Crippen molar-refractivity contribution in [2.24, 2.45) is 5.92 Å². The van der Waals surface area contributed by atoms with Crippen LogP contribution in [0.1, 0.15) is 37.3 Å². The summed E-state index contributed by atoms with van der Waals surface area (Å²) < 4.78 is 31.2. The fraction of sp³-hybridized carbons (Fsp3) is 0.520. The molecule has 8 nitrogen and oxygen atoms in total. The van der Waals surface area contributed by atoms with E-state index in [1.54, 1.807) is 30.2 Å². The molecule has 5 rings (SSSR count). The van der Waals surface area contributed by atoms with E-state index in [4.69, 9.17) is 9.40 Å². The van der Waals surface area contributed by atoms with Gasteiger partial charge in [0.15, 0.2) is 15.0 Å². The third-order valence-electron chi connectivity index (χ3n) is 7.18. The van der Waals surface area contributed by atoms with E-state index in [9.17, 15) is 13.2 Å². The molecular weight excluding hydrogens is 484 g/mol. The molecule has 0 radical (unpaired) electrons. The number of hydrogen-bond donors (Lipinski definition) is 0. The molecule has 0 bridgehead atoms. The van der Waals surface area contributed by atoms with Crippen molar-refractivity contribution in [3.05, 3.63) is 42.4 Å². The minimum absolute atomic E-state index is 0.0907. The Balaban J connectivity index is 1.21. The zero-order chi connectivity index (χ0) is 24.6. The predicted octanol–water partition coefficient (Wildman–Crippen LogP) is 3.43. The molecule has 1 aromatic carbocycles. The number of sulfone groups is 1. The lowest BCUT2D eigenvalue weighted by molar-refractivity contribution is -0.138. The number of piperidine rings is 2. The minimum atomic E-state index is -3.28. The molecule has 0 aliphatic carbocycles. The first kappa shape index (κ1) is 24.2. The summed E-state index contributed by atoms with van der Waals surface area (Å²) in [6.07, 6.45) is 11.0. The van der Waals surface area contributed by atoms with Crippen molar-refractivity contribution in [1.82, 2.24) is 19.4 Å². The van der Waals surface area contributed by atoms with Crippen molar-refractivity contribution in [3.8, 4) is 0 Å². The highest BCUT2D eigenvalue weighted by molar-refractivity contribution is 7.98. The summed E-state index contributed by atoms with van der Waals surface area (Å²) in [6.45, 7) is 4.07. The van der Waals surface area contributed by atoms with Gasteiger partial charge in [-0.2, -0.15) is 0 Å². The standard InChI is InChI=1S/C25H30N4O4S2/c1-34-25-26-22-15-21(35(2,31)32)3-4-23(22)29(25)20-7-12-28(13-8-20)24(30)19-5-10-27(11-6-19)16-18-9-14-33-17-18/h3-4,15,17,19-20H,5-8,10-13,16H2,1-2H3. The second kappa shape index (κ2) is 9.88. The summed E-state index contributed by atoms with van der Waals surface area (Å²) >= 11 is 1.57. The first-order valence-electron chi connectivity index (χ1n) is 12.0. The zero-order valence-corrected chi connectivity index (χ0v) is 21.7. The molecule has 186 valence electrons. The summed E-state index contributed by atoms with van der Waals surface area (Å²) in [5.74, 6) is 0.373. The highest BCUT2D eigenvalue weighted by atomic mass is 32.2. The molecular formula is C25H30N4O4S2. The van der Waals surface area contributed by atoms with Crippen LogP contribution in [0.25, 0.3) is 11.0 Å². The van der Waals surface area contributed by atoms with Gasteiger partial charge in [0.25, 0.3) is 0 Å².